The van der Waals surface area contributed by atoms with Crippen LogP contribution in [0.3, 0.4) is 0 Å². The summed E-state index contributed by atoms with van der Waals surface area (Å²) in [6, 6.07) is 0.940. The normalized spacial score (nSPS) is 21.4. The van der Waals surface area contributed by atoms with Crippen LogP contribution in [0.15, 0.2) is 12.3 Å². The molecule has 1 aliphatic rings. The second-order valence-corrected chi connectivity index (χ2v) is 4.71. The number of halogens is 3. The van der Waals surface area contributed by atoms with E-state index in [-0.39, 0.29) is 23.3 Å². The van der Waals surface area contributed by atoms with Crippen molar-refractivity contribution in [2.45, 2.75) is 25.6 Å². The van der Waals surface area contributed by atoms with Crippen molar-refractivity contribution in [3.63, 3.8) is 0 Å². The molecule has 0 aliphatic carbocycles. The van der Waals surface area contributed by atoms with Gasteiger partial charge < -0.3 is 15.8 Å². The summed E-state index contributed by atoms with van der Waals surface area (Å²) >= 11 is 0. The molecule has 1 aliphatic heterocycles. The number of rotatable bonds is 3. The fourth-order valence-corrected chi connectivity index (χ4v) is 2.06. The number of hydrogen-bond acceptors (Lipinski definition) is 4. The first-order valence-electron chi connectivity index (χ1n) is 6.05. The molecule has 2 rings (SSSR count). The molecule has 106 valence electrons. The Bertz CT molecular complexity index is 444. The van der Waals surface area contributed by atoms with E-state index in [1.54, 1.807) is 0 Å². The van der Waals surface area contributed by atoms with E-state index in [1.807, 2.05) is 6.92 Å². The third-order valence-corrected chi connectivity index (χ3v) is 3.28. The van der Waals surface area contributed by atoms with Gasteiger partial charge in [-0.15, -0.1) is 0 Å². The van der Waals surface area contributed by atoms with Gasteiger partial charge in [0, 0.05) is 18.6 Å². The molecule has 0 radical (unpaired) electrons. The van der Waals surface area contributed by atoms with E-state index < -0.39 is 11.9 Å². The molecule has 1 fully saturated rings. The van der Waals surface area contributed by atoms with Gasteiger partial charge in [0.2, 0.25) is 0 Å². The highest BCUT2D eigenvalue weighted by molar-refractivity contribution is 5.65. The Morgan fingerprint density at radius 1 is 1.53 bits per heavy atom. The molecule has 19 heavy (non-hydrogen) atoms. The number of nitrogen functional groups attached to an aromatic ring is 1. The number of nitrogens with one attached hydrogen (secondary N) is 1. The number of ether oxygens (including phenoxy) is 1. The summed E-state index contributed by atoms with van der Waals surface area (Å²) in [6.07, 6.45) is -2.54. The van der Waals surface area contributed by atoms with Gasteiger partial charge in [0.25, 0.3) is 0 Å². The Labute approximate surface area is 109 Å². The Balaban J connectivity index is 2.14. The summed E-state index contributed by atoms with van der Waals surface area (Å²) in [5.74, 6) is 0.280. The Hall–Kier alpha value is -1.50. The SMILES string of the molecule is CC(Nc1cc(C(F)(F)F)ncc1N)C1CCOC1. The highest BCUT2D eigenvalue weighted by atomic mass is 19.4. The molecule has 0 aromatic carbocycles. The Morgan fingerprint density at radius 2 is 2.26 bits per heavy atom. The van der Waals surface area contributed by atoms with Crippen molar-refractivity contribution in [1.82, 2.24) is 4.98 Å². The van der Waals surface area contributed by atoms with Crippen LogP contribution in [0, 0.1) is 5.92 Å². The van der Waals surface area contributed by atoms with Crippen molar-refractivity contribution in [3.8, 4) is 0 Å². The summed E-state index contributed by atoms with van der Waals surface area (Å²) in [5, 5.41) is 3.02. The lowest BCUT2D eigenvalue weighted by atomic mass is 10.0. The van der Waals surface area contributed by atoms with Gasteiger partial charge in [-0.3, -0.25) is 0 Å². The number of alkyl halides is 3. The minimum Gasteiger partial charge on any atom is -0.396 e. The van der Waals surface area contributed by atoms with E-state index in [4.69, 9.17) is 10.5 Å². The number of nitrogens with zero attached hydrogens (tertiary/aromatic N) is 1. The fraction of sp³-hybridized carbons (Fsp3) is 0.583. The second-order valence-electron chi connectivity index (χ2n) is 4.71. The van der Waals surface area contributed by atoms with Crippen LogP contribution in [-0.4, -0.2) is 24.2 Å². The van der Waals surface area contributed by atoms with E-state index >= 15 is 0 Å². The smallest absolute Gasteiger partial charge is 0.396 e. The summed E-state index contributed by atoms with van der Waals surface area (Å²) in [5.41, 5.74) is 5.18. The third-order valence-electron chi connectivity index (χ3n) is 3.28. The maximum atomic E-state index is 12.6. The van der Waals surface area contributed by atoms with Crippen LogP contribution in [0.25, 0.3) is 0 Å². The minimum atomic E-state index is -4.47. The number of pyridine rings is 1. The molecule has 4 nitrogen and oxygen atoms in total. The summed E-state index contributed by atoms with van der Waals surface area (Å²) in [7, 11) is 0. The number of nitrogens with two attached hydrogens (primary N) is 1. The molecule has 1 aromatic rings. The molecule has 2 atom stereocenters. The molecule has 2 unspecified atom stereocenters. The van der Waals surface area contributed by atoms with Crippen molar-refractivity contribution in [1.29, 1.82) is 0 Å². The summed E-state index contributed by atoms with van der Waals surface area (Å²) in [4.78, 5) is 3.30. The van der Waals surface area contributed by atoms with E-state index in [0.717, 1.165) is 18.7 Å². The molecule has 0 amide bonds. The first-order valence-corrected chi connectivity index (χ1v) is 6.05. The van der Waals surface area contributed by atoms with Crippen molar-refractivity contribution < 1.29 is 17.9 Å². The summed E-state index contributed by atoms with van der Waals surface area (Å²) in [6.45, 7) is 3.22. The zero-order chi connectivity index (χ0) is 14.0. The molecule has 3 N–H and O–H groups in total. The Kier molecular flexibility index (Phi) is 3.84. The molecule has 7 heteroatoms. The zero-order valence-corrected chi connectivity index (χ0v) is 10.5. The van der Waals surface area contributed by atoms with Crippen molar-refractivity contribution in [2.24, 2.45) is 5.92 Å². The van der Waals surface area contributed by atoms with E-state index in [1.165, 1.54) is 0 Å². The lowest BCUT2D eigenvalue weighted by molar-refractivity contribution is -0.141. The highest BCUT2D eigenvalue weighted by Gasteiger charge is 2.33. The van der Waals surface area contributed by atoms with Gasteiger partial charge in [0.15, 0.2) is 0 Å². The van der Waals surface area contributed by atoms with Gasteiger partial charge >= 0.3 is 6.18 Å². The van der Waals surface area contributed by atoms with Gasteiger partial charge in [-0.05, 0) is 19.4 Å². The van der Waals surface area contributed by atoms with E-state index in [2.05, 4.69) is 10.3 Å². The fourth-order valence-electron chi connectivity index (χ4n) is 2.06. The quantitative estimate of drug-likeness (QED) is 0.890. The molecule has 0 spiro atoms. The van der Waals surface area contributed by atoms with Crippen LogP contribution in [0.4, 0.5) is 24.5 Å². The first kappa shape index (κ1) is 13.9. The standard InChI is InChI=1S/C12H16F3N3O/c1-7(8-2-3-19-6-8)18-10-4-11(12(13,14)15)17-5-9(10)16/h4-5,7-8H,2-3,6,16H2,1H3,(H,17,18). The van der Waals surface area contributed by atoms with Gasteiger partial charge in [-0.25, -0.2) is 4.98 Å². The van der Waals surface area contributed by atoms with Crippen molar-refractivity contribution in [2.75, 3.05) is 24.3 Å². The van der Waals surface area contributed by atoms with Crippen LogP contribution in [0.1, 0.15) is 19.0 Å². The zero-order valence-electron chi connectivity index (χ0n) is 10.5. The van der Waals surface area contributed by atoms with Crippen molar-refractivity contribution >= 4 is 11.4 Å². The Morgan fingerprint density at radius 3 is 2.84 bits per heavy atom. The monoisotopic (exact) mass is 275 g/mol. The minimum absolute atomic E-state index is 0.00622. The van der Waals surface area contributed by atoms with Gasteiger partial charge in [0.1, 0.15) is 5.69 Å². The first-order chi connectivity index (χ1) is 8.88. The third kappa shape index (κ3) is 3.28. The predicted molar refractivity (Wildman–Crippen MR) is 65.7 cm³/mol. The average molecular weight is 275 g/mol. The van der Waals surface area contributed by atoms with Crippen LogP contribution in [-0.2, 0) is 10.9 Å². The van der Waals surface area contributed by atoms with Gasteiger partial charge in [-0.2, -0.15) is 13.2 Å². The molecule has 1 aromatic heterocycles. The second kappa shape index (κ2) is 5.24. The molecule has 2 heterocycles. The van der Waals surface area contributed by atoms with E-state index in [9.17, 15) is 13.2 Å². The average Bonchev–Trinajstić information content (AvgIpc) is 2.84. The predicted octanol–water partition coefficient (Wildman–Crippen LogP) is 2.52. The highest BCUT2D eigenvalue weighted by Crippen LogP contribution is 2.32. The number of anilines is 2. The van der Waals surface area contributed by atoms with Crippen molar-refractivity contribution in [3.05, 3.63) is 18.0 Å². The molecule has 0 bridgehead atoms. The maximum absolute atomic E-state index is 12.6. The molecule has 1 saturated heterocycles. The lowest BCUT2D eigenvalue weighted by Gasteiger charge is -2.22. The van der Waals surface area contributed by atoms with Gasteiger partial charge in [0.05, 0.1) is 24.2 Å². The van der Waals surface area contributed by atoms with Crippen LogP contribution in [0.2, 0.25) is 0 Å². The largest absolute Gasteiger partial charge is 0.433 e. The topological polar surface area (TPSA) is 60.2 Å². The maximum Gasteiger partial charge on any atom is 0.433 e. The molecular weight excluding hydrogens is 259 g/mol. The summed E-state index contributed by atoms with van der Waals surface area (Å²) < 4.78 is 43.0. The van der Waals surface area contributed by atoms with Crippen LogP contribution in [0.5, 0.6) is 0 Å². The molecular formula is C12H16F3N3O. The lowest BCUT2D eigenvalue weighted by Crippen LogP contribution is -2.27. The number of aromatic nitrogens is 1. The van der Waals surface area contributed by atoms with E-state index in [0.29, 0.717) is 13.2 Å². The van der Waals surface area contributed by atoms with Crippen LogP contribution >= 0.6 is 0 Å². The van der Waals surface area contributed by atoms with Gasteiger partial charge in [-0.1, -0.05) is 0 Å². The van der Waals surface area contributed by atoms with Crippen LogP contribution < -0.4 is 11.1 Å². The molecule has 0 saturated carbocycles. The number of hydrogen-bond donors (Lipinski definition) is 2.